The molecular weight excluding hydrogens is 210 g/mol. The Kier molecular flexibility index (Phi) is 5.08. The third-order valence-corrected chi connectivity index (χ3v) is 2.31. The van der Waals surface area contributed by atoms with Gasteiger partial charge in [0.25, 0.3) is 0 Å². The van der Waals surface area contributed by atoms with E-state index in [4.69, 9.17) is 5.73 Å². The Bertz CT molecular complexity index is 353. The summed E-state index contributed by atoms with van der Waals surface area (Å²) in [6.45, 7) is 4.44. The smallest absolute Gasteiger partial charge is 0.128 e. The van der Waals surface area contributed by atoms with Crippen molar-refractivity contribution in [3.8, 4) is 0 Å². The van der Waals surface area contributed by atoms with E-state index in [9.17, 15) is 8.78 Å². The minimum absolute atomic E-state index is 0.220. The largest absolute Gasteiger partial charge is 0.329 e. The number of nitrogens with two attached hydrogens (primary N) is 1. The van der Waals surface area contributed by atoms with E-state index >= 15 is 0 Å². The molecule has 0 bridgehead atoms. The lowest BCUT2D eigenvalue weighted by Crippen LogP contribution is -2.29. The summed E-state index contributed by atoms with van der Waals surface area (Å²) in [5.41, 5.74) is 5.80. The van der Waals surface area contributed by atoms with Gasteiger partial charge in [0.1, 0.15) is 11.6 Å². The van der Waals surface area contributed by atoms with Gasteiger partial charge in [-0.1, -0.05) is 6.08 Å². The SMILES string of the molecule is C=CCCNC(CN)c1cc(F)ccc1F. The fourth-order valence-electron chi connectivity index (χ4n) is 1.46. The second-order valence-corrected chi connectivity index (χ2v) is 3.49. The fraction of sp³-hybridized carbons (Fsp3) is 0.333. The quantitative estimate of drug-likeness (QED) is 0.576. The molecule has 1 aromatic carbocycles. The summed E-state index contributed by atoms with van der Waals surface area (Å²) >= 11 is 0. The van der Waals surface area contributed by atoms with E-state index in [0.717, 1.165) is 18.6 Å². The van der Waals surface area contributed by atoms with Gasteiger partial charge in [0.05, 0.1) is 0 Å². The van der Waals surface area contributed by atoms with Gasteiger partial charge in [0, 0.05) is 18.2 Å². The van der Waals surface area contributed by atoms with Crippen LogP contribution in [0.1, 0.15) is 18.0 Å². The first-order valence-corrected chi connectivity index (χ1v) is 5.18. The van der Waals surface area contributed by atoms with Gasteiger partial charge in [-0.05, 0) is 31.2 Å². The zero-order valence-electron chi connectivity index (χ0n) is 9.05. The molecule has 0 spiro atoms. The average Bonchev–Trinajstić information content (AvgIpc) is 2.28. The predicted octanol–water partition coefficient (Wildman–Crippen LogP) is 2.13. The van der Waals surface area contributed by atoms with Crippen molar-refractivity contribution in [1.29, 1.82) is 0 Å². The maximum Gasteiger partial charge on any atom is 0.128 e. The number of hydrogen-bond donors (Lipinski definition) is 2. The average molecular weight is 226 g/mol. The normalized spacial score (nSPS) is 12.4. The van der Waals surface area contributed by atoms with Crippen molar-refractivity contribution < 1.29 is 8.78 Å². The summed E-state index contributed by atoms with van der Waals surface area (Å²) < 4.78 is 26.4. The molecule has 0 aromatic heterocycles. The maximum atomic E-state index is 13.4. The van der Waals surface area contributed by atoms with Crippen molar-refractivity contribution in [2.24, 2.45) is 5.73 Å². The first-order valence-electron chi connectivity index (χ1n) is 5.18. The number of hydrogen-bond acceptors (Lipinski definition) is 2. The first kappa shape index (κ1) is 12.8. The molecule has 0 aliphatic heterocycles. The van der Waals surface area contributed by atoms with E-state index in [2.05, 4.69) is 11.9 Å². The molecule has 3 N–H and O–H groups in total. The van der Waals surface area contributed by atoms with Crippen molar-refractivity contribution in [1.82, 2.24) is 5.32 Å². The highest BCUT2D eigenvalue weighted by molar-refractivity contribution is 5.22. The molecule has 16 heavy (non-hydrogen) atoms. The van der Waals surface area contributed by atoms with Gasteiger partial charge in [0.2, 0.25) is 0 Å². The van der Waals surface area contributed by atoms with Crippen LogP contribution in [0.3, 0.4) is 0 Å². The molecule has 88 valence electrons. The molecule has 0 amide bonds. The maximum absolute atomic E-state index is 13.4. The molecular formula is C12H16F2N2. The van der Waals surface area contributed by atoms with E-state index in [1.54, 1.807) is 6.08 Å². The Morgan fingerprint density at radius 2 is 2.19 bits per heavy atom. The monoisotopic (exact) mass is 226 g/mol. The molecule has 4 heteroatoms. The second kappa shape index (κ2) is 6.35. The molecule has 0 saturated carbocycles. The summed E-state index contributed by atoms with van der Waals surface area (Å²) in [5, 5.41) is 3.05. The third-order valence-electron chi connectivity index (χ3n) is 2.31. The van der Waals surface area contributed by atoms with Crippen molar-refractivity contribution in [3.05, 3.63) is 48.1 Å². The lowest BCUT2D eigenvalue weighted by Gasteiger charge is -2.17. The van der Waals surface area contributed by atoms with Crippen LogP contribution in [-0.2, 0) is 0 Å². The van der Waals surface area contributed by atoms with Crippen LogP contribution in [0.5, 0.6) is 0 Å². The molecule has 2 nitrogen and oxygen atoms in total. The van der Waals surface area contributed by atoms with Crippen molar-refractivity contribution >= 4 is 0 Å². The van der Waals surface area contributed by atoms with E-state index in [0.29, 0.717) is 6.54 Å². The highest BCUT2D eigenvalue weighted by Gasteiger charge is 2.14. The summed E-state index contributed by atoms with van der Waals surface area (Å²) in [5.74, 6) is -0.900. The molecule has 0 fully saturated rings. The summed E-state index contributed by atoms with van der Waals surface area (Å²) in [6, 6.07) is 3.02. The Labute approximate surface area is 94.2 Å². The molecule has 1 unspecified atom stereocenters. The summed E-state index contributed by atoms with van der Waals surface area (Å²) in [6.07, 6.45) is 2.51. The Hall–Kier alpha value is -1.26. The van der Waals surface area contributed by atoms with Crippen LogP contribution in [0.15, 0.2) is 30.9 Å². The zero-order valence-corrected chi connectivity index (χ0v) is 9.05. The number of benzene rings is 1. The van der Waals surface area contributed by atoms with Crippen LogP contribution < -0.4 is 11.1 Å². The lowest BCUT2D eigenvalue weighted by molar-refractivity contribution is 0.503. The molecule has 0 aliphatic rings. The van der Waals surface area contributed by atoms with Crippen LogP contribution >= 0.6 is 0 Å². The van der Waals surface area contributed by atoms with E-state index in [-0.39, 0.29) is 18.2 Å². The van der Waals surface area contributed by atoms with Gasteiger partial charge < -0.3 is 11.1 Å². The first-order chi connectivity index (χ1) is 7.69. The number of rotatable bonds is 6. The Morgan fingerprint density at radius 3 is 2.81 bits per heavy atom. The zero-order chi connectivity index (χ0) is 12.0. The minimum atomic E-state index is -0.458. The van der Waals surface area contributed by atoms with Crippen molar-refractivity contribution in [2.75, 3.05) is 13.1 Å². The fourth-order valence-corrected chi connectivity index (χ4v) is 1.46. The van der Waals surface area contributed by atoms with E-state index in [1.165, 1.54) is 6.07 Å². The molecule has 1 atom stereocenters. The van der Waals surface area contributed by atoms with Gasteiger partial charge in [-0.25, -0.2) is 8.78 Å². The highest BCUT2D eigenvalue weighted by Crippen LogP contribution is 2.17. The third kappa shape index (κ3) is 3.40. The van der Waals surface area contributed by atoms with E-state index < -0.39 is 11.6 Å². The second-order valence-electron chi connectivity index (χ2n) is 3.49. The number of nitrogens with one attached hydrogen (secondary N) is 1. The molecule has 1 aromatic rings. The van der Waals surface area contributed by atoms with Crippen LogP contribution in [0, 0.1) is 11.6 Å². The predicted molar refractivity (Wildman–Crippen MR) is 61.0 cm³/mol. The topological polar surface area (TPSA) is 38.0 Å². The van der Waals surface area contributed by atoms with Gasteiger partial charge >= 0.3 is 0 Å². The van der Waals surface area contributed by atoms with Gasteiger partial charge in [-0.15, -0.1) is 6.58 Å². The van der Waals surface area contributed by atoms with Gasteiger partial charge in [0.15, 0.2) is 0 Å². The van der Waals surface area contributed by atoms with Crippen LogP contribution in [0.2, 0.25) is 0 Å². The standard InChI is InChI=1S/C12H16F2N2/c1-2-3-6-16-12(8-15)10-7-9(13)4-5-11(10)14/h2,4-5,7,12,16H,1,3,6,8,15H2. The summed E-state index contributed by atoms with van der Waals surface area (Å²) in [4.78, 5) is 0. The number of halogens is 2. The Balaban J connectivity index is 2.77. The molecule has 0 saturated heterocycles. The van der Waals surface area contributed by atoms with Gasteiger partial charge in [-0.3, -0.25) is 0 Å². The van der Waals surface area contributed by atoms with Crippen molar-refractivity contribution in [2.45, 2.75) is 12.5 Å². The lowest BCUT2D eigenvalue weighted by atomic mass is 10.1. The van der Waals surface area contributed by atoms with E-state index in [1.807, 2.05) is 0 Å². The van der Waals surface area contributed by atoms with Crippen molar-refractivity contribution in [3.63, 3.8) is 0 Å². The van der Waals surface area contributed by atoms with Crippen LogP contribution in [-0.4, -0.2) is 13.1 Å². The minimum Gasteiger partial charge on any atom is -0.329 e. The molecule has 0 radical (unpaired) electrons. The molecule has 0 aliphatic carbocycles. The molecule has 1 rings (SSSR count). The Morgan fingerprint density at radius 1 is 1.44 bits per heavy atom. The summed E-state index contributed by atoms with van der Waals surface area (Å²) in [7, 11) is 0. The highest BCUT2D eigenvalue weighted by atomic mass is 19.1. The van der Waals surface area contributed by atoms with Crippen LogP contribution in [0.25, 0.3) is 0 Å². The van der Waals surface area contributed by atoms with Gasteiger partial charge in [-0.2, -0.15) is 0 Å². The van der Waals surface area contributed by atoms with Crippen LogP contribution in [0.4, 0.5) is 8.78 Å². The molecule has 0 heterocycles.